The zero-order chi connectivity index (χ0) is 9.97. The first kappa shape index (κ1) is 9.68. The van der Waals surface area contributed by atoms with Crippen molar-refractivity contribution in [2.24, 2.45) is 0 Å². The molecule has 1 aromatic heterocycles. The van der Waals surface area contributed by atoms with E-state index in [4.69, 9.17) is 16.3 Å². The van der Waals surface area contributed by atoms with Crippen LogP contribution >= 0.6 is 11.6 Å². The molecule has 1 aromatic rings. The quantitative estimate of drug-likeness (QED) is 0.706. The molecular formula is C9H12ClN3O. The van der Waals surface area contributed by atoms with Crippen molar-refractivity contribution in [3.8, 4) is 0 Å². The van der Waals surface area contributed by atoms with Crippen LogP contribution in [-0.2, 0) is 4.74 Å². The third-order valence-electron chi connectivity index (χ3n) is 2.18. The SMILES string of the molecule is C[C@@H]1CN(c2ccc(Cl)nn2)CCO1. The first-order chi connectivity index (χ1) is 6.75. The van der Waals surface area contributed by atoms with Gasteiger partial charge in [-0.15, -0.1) is 10.2 Å². The zero-order valence-electron chi connectivity index (χ0n) is 7.98. The molecular weight excluding hydrogens is 202 g/mol. The number of hydrogen-bond acceptors (Lipinski definition) is 4. The van der Waals surface area contributed by atoms with Crippen LogP contribution in [0.15, 0.2) is 12.1 Å². The summed E-state index contributed by atoms with van der Waals surface area (Å²) in [6.07, 6.45) is 0.251. The average Bonchev–Trinajstić information content (AvgIpc) is 2.19. The summed E-state index contributed by atoms with van der Waals surface area (Å²) in [4.78, 5) is 2.15. The van der Waals surface area contributed by atoms with Crippen LogP contribution in [0.3, 0.4) is 0 Å². The van der Waals surface area contributed by atoms with E-state index < -0.39 is 0 Å². The summed E-state index contributed by atoms with van der Waals surface area (Å²) in [6, 6.07) is 3.64. The summed E-state index contributed by atoms with van der Waals surface area (Å²) in [5, 5.41) is 8.26. The first-order valence-electron chi connectivity index (χ1n) is 4.61. The van der Waals surface area contributed by atoms with Crippen molar-refractivity contribution in [3.05, 3.63) is 17.3 Å². The van der Waals surface area contributed by atoms with Gasteiger partial charge in [0.1, 0.15) is 0 Å². The Balaban J connectivity index is 2.10. The molecule has 0 N–H and O–H groups in total. The van der Waals surface area contributed by atoms with Crippen molar-refractivity contribution in [1.29, 1.82) is 0 Å². The Morgan fingerprint density at radius 3 is 3.00 bits per heavy atom. The molecule has 4 nitrogen and oxygen atoms in total. The summed E-state index contributed by atoms with van der Waals surface area (Å²) in [7, 11) is 0. The van der Waals surface area contributed by atoms with E-state index in [2.05, 4.69) is 22.0 Å². The van der Waals surface area contributed by atoms with Gasteiger partial charge < -0.3 is 9.64 Å². The number of anilines is 1. The van der Waals surface area contributed by atoms with Gasteiger partial charge in [-0.2, -0.15) is 0 Å². The van der Waals surface area contributed by atoms with Gasteiger partial charge in [-0.25, -0.2) is 0 Å². The maximum absolute atomic E-state index is 5.66. The van der Waals surface area contributed by atoms with Crippen molar-refractivity contribution in [2.75, 3.05) is 24.6 Å². The summed E-state index contributed by atoms with van der Waals surface area (Å²) in [5.74, 6) is 0.865. The summed E-state index contributed by atoms with van der Waals surface area (Å²) in [6.45, 7) is 4.51. The molecule has 0 bridgehead atoms. The standard InChI is InChI=1S/C9H12ClN3O/c1-7-6-13(4-5-14-7)9-3-2-8(10)11-12-9/h2-3,7H,4-6H2,1H3/t7-/m1/s1. The lowest BCUT2D eigenvalue weighted by Crippen LogP contribution is -2.41. The van der Waals surface area contributed by atoms with Crippen LogP contribution in [0.2, 0.25) is 5.15 Å². The fraction of sp³-hybridized carbons (Fsp3) is 0.556. The van der Waals surface area contributed by atoms with Crippen LogP contribution in [0.4, 0.5) is 5.82 Å². The summed E-state index contributed by atoms with van der Waals surface area (Å²) < 4.78 is 5.44. The van der Waals surface area contributed by atoms with Gasteiger partial charge in [-0.05, 0) is 19.1 Å². The van der Waals surface area contributed by atoms with E-state index in [1.165, 1.54) is 0 Å². The second-order valence-corrected chi connectivity index (χ2v) is 3.73. The second kappa shape index (κ2) is 4.11. The van der Waals surface area contributed by atoms with Crippen molar-refractivity contribution in [3.63, 3.8) is 0 Å². The van der Waals surface area contributed by atoms with Gasteiger partial charge in [0, 0.05) is 13.1 Å². The molecule has 76 valence electrons. The average molecular weight is 214 g/mol. The molecule has 1 fully saturated rings. The largest absolute Gasteiger partial charge is 0.375 e. The van der Waals surface area contributed by atoms with E-state index in [1.807, 2.05) is 6.07 Å². The molecule has 14 heavy (non-hydrogen) atoms. The van der Waals surface area contributed by atoms with Gasteiger partial charge >= 0.3 is 0 Å². The van der Waals surface area contributed by atoms with Crippen LogP contribution in [-0.4, -0.2) is 36.0 Å². The number of rotatable bonds is 1. The van der Waals surface area contributed by atoms with Crippen LogP contribution < -0.4 is 4.90 Å². The molecule has 0 amide bonds. The predicted molar refractivity (Wildman–Crippen MR) is 54.7 cm³/mol. The zero-order valence-corrected chi connectivity index (χ0v) is 8.74. The van der Waals surface area contributed by atoms with Gasteiger partial charge in [0.15, 0.2) is 11.0 Å². The van der Waals surface area contributed by atoms with Gasteiger partial charge in [0.05, 0.1) is 12.7 Å². The maximum Gasteiger partial charge on any atom is 0.151 e. The van der Waals surface area contributed by atoms with Crippen molar-refractivity contribution in [1.82, 2.24) is 10.2 Å². The third-order valence-corrected chi connectivity index (χ3v) is 2.38. The molecule has 0 spiro atoms. The molecule has 0 saturated carbocycles. The van der Waals surface area contributed by atoms with Gasteiger partial charge in [-0.3, -0.25) is 0 Å². The molecule has 1 saturated heterocycles. The summed E-state index contributed by atoms with van der Waals surface area (Å²) in [5.41, 5.74) is 0. The normalized spacial score (nSPS) is 22.4. The van der Waals surface area contributed by atoms with Gasteiger partial charge in [-0.1, -0.05) is 11.6 Å². The Kier molecular flexibility index (Phi) is 2.84. The van der Waals surface area contributed by atoms with Gasteiger partial charge in [0.25, 0.3) is 0 Å². The Hall–Kier alpha value is -0.870. The molecule has 0 radical (unpaired) electrons. The highest BCUT2D eigenvalue weighted by Gasteiger charge is 2.17. The lowest BCUT2D eigenvalue weighted by Gasteiger charge is -2.31. The molecule has 1 aliphatic heterocycles. The van der Waals surface area contributed by atoms with Crippen LogP contribution in [0.1, 0.15) is 6.92 Å². The molecule has 2 heterocycles. The van der Waals surface area contributed by atoms with Crippen molar-refractivity contribution < 1.29 is 4.74 Å². The van der Waals surface area contributed by atoms with E-state index in [-0.39, 0.29) is 6.10 Å². The Morgan fingerprint density at radius 2 is 2.36 bits per heavy atom. The van der Waals surface area contributed by atoms with Gasteiger partial charge in [0.2, 0.25) is 0 Å². The van der Waals surface area contributed by atoms with E-state index in [9.17, 15) is 0 Å². The second-order valence-electron chi connectivity index (χ2n) is 3.34. The topological polar surface area (TPSA) is 38.2 Å². The van der Waals surface area contributed by atoms with Crippen molar-refractivity contribution >= 4 is 17.4 Å². The number of morpholine rings is 1. The Morgan fingerprint density at radius 1 is 1.50 bits per heavy atom. The molecule has 2 rings (SSSR count). The number of aromatic nitrogens is 2. The minimum absolute atomic E-state index is 0.251. The van der Waals surface area contributed by atoms with Crippen molar-refractivity contribution in [2.45, 2.75) is 13.0 Å². The fourth-order valence-corrected chi connectivity index (χ4v) is 1.60. The van der Waals surface area contributed by atoms with Crippen LogP contribution in [0, 0.1) is 0 Å². The molecule has 0 unspecified atom stereocenters. The lowest BCUT2D eigenvalue weighted by atomic mass is 10.3. The van der Waals surface area contributed by atoms with E-state index >= 15 is 0 Å². The smallest absolute Gasteiger partial charge is 0.151 e. The first-order valence-corrected chi connectivity index (χ1v) is 4.99. The lowest BCUT2D eigenvalue weighted by molar-refractivity contribution is 0.0529. The van der Waals surface area contributed by atoms with E-state index in [1.54, 1.807) is 6.07 Å². The number of hydrogen-bond donors (Lipinski definition) is 0. The molecule has 0 aliphatic carbocycles. The highest BCUT2D eigenvalue weighted by Crippen LogP contribution is 2.15. The number of halogens is 1. The highest BCUT2D eigenvalue weighted by atomic mass is 35.5. The number of nitrogens with zero attached hydrogens (tertiary/aromatic N) is 3. The Labute approximate surface area is 87.8 Å². The third kappa shape index (κ3) is 2.13. The highest BCUT2D eigenvalue weighted by molar-refractivity contribution is 6.29. The maximum atomic E-state index is 5.66. The molecule has 1 aliphatic rings. The monoisotopic (exact) mass is 213 g/mol. The Bertz CT molecular complexity index is 303. The molecule has 1 atom stereocenters. The van der Waals surface area contributed by atoms with E-state index in [0.717, 1.165) is 25.5 Å². The van der Waals surface area contributed by atoms with E-state index in [0.29, 0.717) is 5.15 Å². The molecule has 5 heteroatoms. The van der Waals surface area contributed by atoms with Crippen LogP contribution in [0.5, 0.6) is 0 Å². The number of ether oxygens (including phenoxy) is 1. The minimum atomic E-state index is 0.251. The van der Waals surface area contributed by atoms with Crippen LogP contribution in [0.25, 0.3) is 0 Å². The fourth-order valence-electron chi connectivity index (χ4n) is 1.50. The summed E-state index contributed by atoms with van der Waals surface area (Å²) >= 11 is 5.66. The molecule has 0 aromatic carbocycles. The minimum Gasteiger partial charge on any atom is -0.375 e. The predicted octanol–water partition coefficient (Wildman–Crippen LogP) is 1.36.